The van der Waals surface area contributed by atoms with Crippen LogP contribution >= 0.6 is 0 Å². The fourth-order valence-electron chi connectivity index (χ4n) is 1.81. The second kappa shape index (κ2) is 8.52. The van der Waals surface area contributed by atoms with E-state index in [0.717, 1.165) is 5.56 Å². The van der Waals surface area contributed by atoms with Crippen molar-refractivity contribution >= 4 is 17.8 Å². The van der Waals surface area contributed by atoms with E-state index in [9.17, 15) is 9.59 Å². The Kier molecular flexibility index (Phi) is 6.13. The number of rotatable bonds is 6. The number of carbonyl (C=O) groups is 2. The molecule has 0 spiro atoms. The number of aromatic nitrogens is 1. The van der Waals surface area contributed by atoms with Crippen LogP contribution in [0.2, 0.25) is 0 Å². The standard InChI is InChI=1S/C17H18N2O5/c1-3-13(15-18-14(11-23-15)16(20)22-4-2)19-17(21)24-10-12-8-6-5-7-9-12/h3,5-9,11H,4,10H2,1-2H3,(H,19,21)/b13-3-. The van der Waals surface area contributed by atoms with Crippen LogP contribution in [0.4, 0.5) is 4.79 Å². The average molecular weight is 330 g/mol. The molecule has 0 aliphatic heterocycles. The van der Waals surface area contributed by atoms with Crippen LogP contribution in [-0.4, -0.2) is 23.7 Å². The van der Waals surface area contributed by atoms with E-state index in [1.807, 2.05) is 30.3 Å². The average Bonchev–Trinajstić information content (AvgIpc) is 3.09. The molecule has 0 fully saturated rings. The van der Waals surface area contributed by atoms with Crippen molar-refractivity contribution < 1.29 is 23.5 Å². The lowest BCUT2D eigenvalue weighted by molar-refractivity contribution is 0.0519. The summed E-state index contributed by atoms with van der Waals surface area (Å²) >= 11 is 0. The highest BCUT2D eigenvalue weighted by atomic mass is 16.5. The Hall–Kier alpha value is -3.09. The van der Waals surface area contributed by atoms with Gasteiger partial charge in [0.05, 0.1) is 6.61 Å². The molecule has 0 atom stereocenters. The first-order valence-electron chi connectivity index (χ1n) is 7.41. The van der Waals surface area contributed by atoms with Crippen LogP contribution < -0.4 is 5.32 Å². The van der Waals surface area contributed by atoms with Crippen LogP contribution in [0.5, 0.6) is 0 Å². The third-order valence-electron chi connectivity index (χ3n) is 2.96. The van der Waals surface area contributed by atoms with Crippen molar-refractivity contribution in [3.63, 3.8) is 0 Å². The van der Waals surface area contributed by atoms with Gasteiger partial charge in [0.2, 0.25) is 5.89 Å². The van der Waals surface area contributed by atoms with Gasteiger partial charge in [-0.05, 0) is 19.4 Å². The fraction of sp³-hybridized carbons (Fsp3) is 0.235. The van der Waals surface area contributed by atoms with Gasteiger partial charge in [0.25, 0.3) is 0 Å². The Bertz CT molecular complexity index is 722. The van der Waals surface area contributed by atoms with Crippen LogP contribution in [0.3, 0.4) is 0 Å². The summed E-state index contributed by atoms with van der Waals surface area (Å²) in [6, 6.07) is 9.30. The van der Waals surface area contributed by atoms with Crippen molar-refractivity contribution in [2.75, 3.05) is 6.61 Å². The summed E-state index contributed by atoms with van der Waals surface area (Å²) < 4.78 is 15.2. The van der Waals surface area contributed by atoms with E-state index in [4.69, 9.17) is 13.9 Å². The molecule has 0 aliphatic carbocycles. The summed E-state index contributed by atoms with van der Waals surface area (Å²) in [6.45, 7) is 3.77. The number of nitrogens with zero attached hydrogens (tertiary/aromatic N) is 1. The highest BCUT2D eigenvalue weighted by Gasteiger charge is 2.17. The fourth-order valence-corrected chi connectivity index (χ4v) is 1.81. The molecule has 1 amide bonds. The molecular weight excluding hydrogens is 312 g/mol. The molecule has 0 bridgehead atoms. The number of ether oxygens (including phenoxy) is 2. The number of amides is 1. The molecule has 1 aromatic carbocycles. The van der Waals surface area contributed by atoms with E-state index in [0.29, 0.717) is 5.70 Å². The molecule has 0 saturated heterocycles. The van der Waals surface area contributed by atoms with E-state index in [-0.39, 0.29) is 24.8 Å². The Labute approximate surface area is 139 Å². The molecular formula is C17H18N2O5. The Morgan fingerprint density at radius 3 is 2.67 bits per heavy atom. The number of carbonyl (C=O) groups excluding carboxylic acids is 2. The Morgan fingerprint density at radius 1 is 1.25 bits per heavy atom. The third-order valence-corrected chi connectivity index (χ3v) is 2.96. The molecule has 1 N–H and O–H groups in total. The zero-order valence-corrected chi connectivity index (χ0v) is 13.4. The summed E-state index contributed by atoms with van der Waals surface area (Å²) in [7, 11) is 0. The molecule has 1 aromatic heterocycles. The molecule has 0 saturated carbocycles. The van der Waals surface area contributed by atoms with E-state index in [2.05, 4.69) is 10.3 Å². The lowest BCUT2D eigenvalue weighted by Crippen LogP contribution is -2.23. The minimum Gasteiger partial charge on any atom is -0.461 e. The maximum absolute atomic E-state index is 11.9. The van der Waals surface area contributed by atoms with Gasteiger partial charge >= 0.3 is 12.1 Å². The number of allylic oxidation sites excluding steroid dienone is 1. The first-order chi connectivity index (χ1) is 11.6. The number of hydrogen-bond donors (Lipinski definition) is 1. The van der Waals surface area contributed by atoms with Gasteiger partial charge in [-0.15, -0.1) is 0 Å². The van der Waals surface area contributed by atoms with Crippen molar-refractivity contribution in [1.29, 1.82) is 0 Å². The third kappa shape index (κ3) is 4.70. The smallest absolute Gasteiger partial charge is 0.412 e. The number of nitrogens with one attached hydrogen (secondary N) is 1. The molecule has 1 heterocycles. The van der Waals surface area contributed by atoms with Gasteiger partial charge in [-0.2, -0.15) is 0 Å². The zero-order chi connectivity index (χ0) is 17.4. The van der Waals surface area contributed by atoms with Crippen LogP contribution in [0.1, 0.15) is 35.8 Å². The van der Waals surface area contributed by atoms with Gasteiger partial charge in [-0.25, -0.2) is 14.6 Å². The van der Waals surface area contributed by atoms with Gasteiger partial charge < -0.3 is 13.9 Å². The van der Waals surface area contributed by atoms with Crippen LogP contribution in [0.25, 0.3) is 5.70 Å². The normalized spacial score (nSPS) is 11.0. The van der Waals surface area contributed by atoms with Gasteiger partial charge in [0.15, 0.2) is 5.69 Å². The molecule has 126 valence electrons. The van der Waals surface area contributed by atoms with Gasteiger partial charge in [0, 0.05) is 0 Å². The molecule has 7 heteroatoms. The quantitative estimate of drug-likeness (QED) is 0.818. The van der Waals surface area contributed by atoms with Crippen molar-refractivity contribution in [2.24, 2.45) is 0 Å². The summed E-state index contributed by atoms with van der Waals surface area (Å²) in [4.78, 5) is 27.4. The van der Waals surface area contributed by atoms with E-state index in [1.165, 1.54) is 6.26 Å². The second-order valence-electron chi connectivity index (χ2n) is 4.65. The Morgan fingerprint density at radius 2 is 2.00 bits per heavy atom. The predicted molar refractivity (Wildman–Crippen MR) is 85.9 cm³/mol. The van der Waals surface area contributed by atoms with Gasteiger partial charge in [-0.3, -0.25) is 5.32 Å². The van der Waals surface area contributed by atoms with Gasteiger partial charge in [-0.1, -0.05) is 36.4 Å². The second-order valence-corrected chi connectivity index (χ2v) is 4.65. The molecule has 0 unspecified atom stereocenters. The van der Waals surface area contributed by atoms with Crippen molar-refractivity contribution in [3.8, 4) is 0 Å². The van der Waals surface area contributed by atoms with Crippen LogP contribution in [0, 0.1) is 0 Å². The minimum absolute atomic E-state index is 0.0330. The molecule has 0 aliphatic rings. The van der Waals surface area contributed by atoms with Crippen LogP contribution in [-0.2, 0) is 16.1 Å². The highest BCUT2D eigenvalue weighted by molar-refractivity contribution is 5.87. The minimum atomic E-state index is -0.650. The van der Waals surface area contributed by atoms with E-state index < -0.39 is 12.1 Å². The monoisotopic (exact) mass is 330 g/mol. The number of benzene rings is 1. The first kappa shape index (κ1) is 17.3. The largest absolute Gasteiger partial charge is 0.461 e. The summed E-state index contributed by atoms with van der Waals surface area (Å²) in [5.41, 5.74) is 1.20. The molecule has 0 radical (unpaired) electrons. The van der Waals surface area contributed by atoms with Crippen molar-refractivity contribution in [2.45, 2.75) is 20.5 Å². The topological polar surface area (TPSA) is 90.7 Å². The lowest BCUT2D eigenvalue weighted by atomic mass is 10.2. The number of hydrogen-bond acceptors (Lipinski definition) is 6. The highest BCUT2D eigenvalue weighted by Crippen LogP contribution is 2.13. The first-order valence-corrected chi connectivity index (χ1v) is 7.41. The van der Waals surface area contributed by atoms with Crippen molar-refractivity contribution in [3.05, 3.63) is 59.8 Å². The van der Waals surface area contributed by atoms with Gasteiger partial charge in [0.1, 0.15) is 18.6 Å². The number of alkyl carbamates (subject to hydrolysis) is 1. The summed E-state index contributed by atoms with van der Waals surface area (Å²) in [5, 5.41) is 2.53. The molecule has 2 rings (SSSR count). The van der Waals surface area contributed by atoms with Crippen LogP contribution in [0.15, 0.2) is 47.1 Å². The lowest BCUT2D eigenvalue weighted by Gasteiger charge is -2.07. The zero-order valence-electron chi connectivity index (χ0n) is 13.4. The molecule has 24 heavy (non-hydrogen) atoms. The summed E-state index contributed by atoms with van der Waals surface area (Å²) in [5.74, 6) is -0.494. The maximum atomic E-state index is 11.9. The predicted octanol–water partition coefficient (Wildman–Crippen LogP) is 3.14. The maximum Gasteiger partial charge on any atom is 0.412 e. The number of oxazole rings is 1. The summed E-state index contributed by atoms with van der Waals surface area (Å²) in [6.07, 6.45) is 2.11. The molecule has 2 aromatic rings. The number of esters is 1. The Balaban J connectivity index is 1.94. The van der Waals surface area contributed by atoms with E-state index in [1.54, 1.807) is 19.9 Å². The van der Waals surface area contributed by atoms with Crippen molar-refractivity contribution in [1.82, 2.24) is 10.3 Å². The SMILES string of the molecule is C/C=C(\NC(=O)OCc1ccccc1)c1nc(C(=O)OCC)co1. The van der Waals surface area contributed by atoms with E-state index >= 15 is 0 Å². The molecule has 7 nitrogen and oxygen atoms in total.